The Balaban J connectivity index is 2.66. The molecular formula is C10H11NO. The van der Waals surface area contributed by atoms with Gasteiger partial charge in [-0.1, -0.05) is 24.3 Å². The molecule has 0 aliphatic rings. The highest BCUT2D eigenvalue weighted by Crippen LogP contribution is 1.97. The molecule has 1 N–H and O–H groups in total. The number of nitrogens with one attached hydrogen (secondary N) is 1. The Kier molecular flexibility index (Phi) is 3.08. The molecule has 2 nitrogen and oxygen atoms in total. The van der Waals surface area contributed by atoms with Gasteiger partial charge in [-0.15, -0.1) is 0 Å². The van der Waals surface area contributed by atoms with E-state index in [1.165, 1.54) is 0 Å². The SMILES string of the molecule is C/C=C\NC(=O)c1ccccc1. The highest BCUT2D eigenvalue weighted by Gasteiger charge is 1.99. The zero-order chi connectivity index (χ0) is 8.81. The third-order valence-corrected chi connectivity index (χ3v) is 1.42. The lowest BCUT2D eigenvalue weighted by molar-refractivity contribution is 0.0970. The minimum absolute atomic E-state index is 0.0753. The van der Waals surface area contributed by atoms with Crippen molar-refractivity contribution in [3.05, 3.63) is 48.2 Å². The van der Waals surface area contributed by atoms with E-state index in [9.17, 15) is 4.79 Å². The molecule has 0 radical (unpaired) electrons. The van der Waals surface area contributed by atoms with Crippen molar-refractivity contribution in [2.24, 2.45) is 0 Å². The molecule has 2 heteroatoms. The summed E-state index contributed by atoms with van der Waals surface area (Å²) in [4.78, 5) is 11.2. The van der Waals surface area contributed by atoms with E-state index in [1.54, 1.807) is 24.4 Å². The van der Waals surface area contributed by atoms with Gasteiger partial charge in [-0.05, 0) is 25.3 Å². The van der Waals surface area contributed by atoms with Crippen LogP contribution in [0.5, 0.6) is 0 Å². The Morgan fingerprint density at radius 2 is 2.00 bits per heavy atom. The molecule has 1 rings (SSSR count). The second-order valence-corrected chi connectivity index (χ2v) is 2.34. The summed E-state index contributed by atoms with van der Waals surface area (Å²) in [7, 11) is 0. The van der Waals surface area contributed by atoms with Crippen molar-refractivity contribution in [2.75, 3.05) is 0 Å². The number of allylic oxidation sites excluding steroid dienone is 1. The van der Waals surface area contributed by atoms with Crippen LogP contribution in [0.15, 0.2) is 42.6 Å². The first-order chi connectivity index (χ1) is 5.84. The van der Waals surface area contributed by atoms with E-state index in [-0.39, 0.29) is 5.91 Å². The van der Waals surface area contributed by atoms with Crippen LogP contribution in [0, 0.1) is 0 Å². The number of carbonyl (C=O) groups excluding carboxylic acids is 1. The average molecular weight is 161 g/mol. The smallest absolute Gasteiger partial charge is 0.255 e. The van der Waals surface area contributed by atoms with E-state index in [4.69, 9.17) is 0 Å². The molecule has 0 aromatic heterocycles. The van der Waals surface area contributed by atoms with Crippen molar-refractivity contribution in [1.29, 1.82) is 0 Å². The third kappa shape index (κ3) is 2.23. The zero-order valence-corrected chi connectivity index (χ0v) is 6.95. The first kappa shape index (κ1) is 8.53. The van der Waals surface area contributed by atoms with Crippen LogP contribution >= 0.6 is 0 Å². The molecule has 0 aliphatic carbocycles. The fourth-order valence-electron chi connectivity index (χ4n) is 0.832. The van der Waals surface area contributed by atoms with Crippen LogP contribution in [0.2, 0.25) is 0 Å². The van der Waals surface area contributed by atoms with E-state index in [0.29, 0.717) is 5.56 Å². The zero-order valence-electron chi connectivity index (χ0n) is 6.95. The lowest BCUT2D eigenvalue weighted by Gasteiger charge is -1.97. The molecule has 0 aliphatic heterocycles. The largest absolute Gasteiger partial charge is 0.329 e. The Bertz CT molecular complexity index is 277. The van der Waals surface area contributed by atoms with Crippen LogP contribution < -0.4 is 5.32 Å². The molecule has 0 saturated carbocycles. The minimum Gasteiger partial charge on any atom is -0.329 e. The molecule has 0 atom stereocenters. The van der Waals surface area contributed by atoms with Crippen molar-refractivity contribution >= 4 is 5.91 Å². The highest BCUT2D eigenvalue weighted by atomic mass is 16.1. The maximum Gasteiger partial charge on any atom is 0.255 e. The number of rotatable bonds is 2. The summed E-state index contributed by atoms with van der Waals surface area (Å²) in [6, 6.07) is 9.11. The predicted octanol–water partition coefficient (Wildman–Crippen LogP) is 1.95. The molecule has 0 heterocycles. The van der Waals surface area contributed by atoms with E-state index in [2.05, 4.69) is 5.32 Å². The van der Waals surface area contributed by atoms with Crippen LogP contribution in [0.1, 0.15) is 17.3 Å². The summed E-state index contributed by atoms with van der Waals surface area (Å²) in [6.45, 7) is 1.85. The fourth-order valence-corrected chi connectivity index (χ4v) is 0.832. The molecule has 0 bridgehead atoms. The third-order valence-electron chi connectivity index (χ3n) is 1.42. The van der Waals surface area contributed by atoms with Crippen molar-refractivity contribution in [3.8, 4) is 0 Å². The Hall–Kier alpha value is -1.57. The summed E-state index contributed by atoms with van der Waals surface area (Å²) < 4.78 is 0. The van der Waals surface area contributed by atoms with Gasteiger partial charge in [-0.25, -0.2) is 0 Å². The van der Waals surface area contributed by atoms with Crippen LogP contribution in [0.4, 0.5) is 0 Å². The maximum atomic E-state index is 11.2. The molecule has 1 aromatic carbocycles. The topological polar surface area (TPSA) is 29.1 Å². The summed E-state index contributed by atoms with van der Waals surface area (Å²) in [6.07, 6.45) is 3.40. The van der Waals surface area contributed by atoms with Gasteiger partial charge in [0.05, 0.1) is 0 Å². The monoisotopic (exact) mass is 161 g/mol. The summed E-state index contributed by atoms with van der Waals surface area (Å²) in [5.41, 5.74) is 0.676. The Morgan fingerprint density at radius 1 is 1.33 bits per heavy atom. The van der Waals surface area contributed by atoms with Crippen molar-refractivity contribution in [2.45, 2.75) is 6.92 Å². The first-order valence-corrected chi connectivity index (χ1v) is 3.81. The summed E-state index contributed by atoms with van der Waals surface area (Å²) in [5.74, 6) is -0.0753. The van der Waals surface area contributed by atoms with E-state index >= 15 is 0 Å². The van der Waals surface area contributed by atoms with E-state index < -0.39 is 0 Å². The molecule has 12 heavy (non-hydrogen) atoms. The number of hydrogen-bond donors (Lipinski definition) is 1. The molecule has 62 valence electrons. The van der Waals surface area contributed by atoms with Gasteiger partial charge in [0, 0.05) is 5.56 Å². The fraction of sp³-hybridized carbons (Fsp3) is 0.100. The van der Waals surface area contributed by atoms with Crippen LogP contribution in [0.3, 0.4) is 0 Å². The van der Waals surface area contributed by atoms with E-state index in [0.717, 1.165) is 0 Å². The molecule has 1 aromatic rings. The summed E-state index contributed by atoms with van der Waals surface area (Å²) in [5, 5.41) is 2.63. The van der Waals surface area contributed by atoms with Gasteiger partial charge >= 0.3 is 0 Å². The lowest BCUT2D eigenvalue weighted by atomic mass is 10.2. The maximum absolute atomic E-state index is 11.2. The van der Waals surface area contributed by atoms with Gasteiger partial charge in [0.15, 0.2) is 0 Å². The number of hydrogen-bond acceptors (Lipinski definition) is 1. The van der Waals surface area contributed by atoms with Crippen molar-refractivity contribution < 1.29 is 4.79 Å². The number of benzene rings is 1. The molecule has 0 fully saturated rings. The Morgan fingerprint density at radius 3 is 2.58 bits per heavy atom. The van der Waals surface area contributed by atoms with E-state index in [1.807, 2.05) is 25.1 Å². The van der Waals surface area contributed by atoms with Crippen LogP contribution in [0.25, 0.3) is 0 Å². The normalized spacial score (nSPS) is 10.1. The molecule has 0 spiro atoms. The standard InChI is InChI=1S/C10H11NO/c1-2-8-11-10(12)9-6-4-3-5-7-9/h2-8H,1H3,(H,11,12)/b8-2-. The predicted molar refractivity (Wildman–Crippen MR) is 48.7 cm³/mol. The van der Waals surface area contributed by atoms with Gasteiger partial charge in [0.1, 0.15) is 0 Å². The first-order valence-electron chi connectivity index (χ1n) is 3.81. The van der Waals surface area contributed by atoms with Gasteiger partial charge in [0.25, 0.3) is 5.91 Å². The van der Waals surface area contributed by atoms with Gasteiger partial charge in [-0.2, -0.15) is 0 Å². The lowest BCUT2D eigenvalue weighted by Crippen LogP contribution is -2.16. The van der Waals surface area contributed by atoms with Gasteiger partial charge in [-0.3, -0.25) is 4.79 Å². The van der Waals surface area contributed by atoms with Crippen LogP contribution in [-0.4, -0.2) is 5.91 Å². The number of carbonyl (C=O) groups is 1. The molecule has 0 saturated heterocycles. The average Bonchev–Trinajstić information content (AvgIpc) is 2.15. The Labute approximate surface area is 71.9 Å². The highest BCUT2D eigenvalue weighted by molar-refractivity contribution is 5.94. The van der Waals surface area contributed by atoms with Crippen LogP contribution in [-0.2, 0) is 0 Å². The molecular weight excluding hydrogens is 150 g/mol. The van der Waals surface area contributed by atoms with Crippen molar-refractivity contribution in [3.63, 3.8) is 0 Å². The van der Waals surface area contributed by atoms with Gasteiger partial charge in [0.2, 0.25) is 0 Å². The minimum atomic E-state index is -0.0753. The quantitative estimate of drug-likeness (QED) is 0.705. The van der Waals surface area contributed by atoms with Crippen molar-refractivity contribution in [1.82, 2.24) is 5.32 Å². The summed E-state index contributed by atoms with van der Waals surface area (Å²) >= 11 is 0. The molecule has 1 amide bonds. The number of amides is 1. The van der Waals surface area contributed by atoms with Gasteiger partial charge < -0.3 is 5.32 Å². The molecule has 0 unspecified atom stereocenters. The second kappa shape index (κ2) is 4.34. The second-order valence-electron chi connectivity index (χ2n) is 2.34.